The molecule has 2 nitrogen and oxygen atoms in total. The summed E-state index contributed by atoms with van der Waals surface area (Å²) in [5, 5.41) is 4.96. The zero-order valence-corrected chi connectivity index (χ0v) is 13.3. The minimum atomic E-state index is 0.418. The maximum atomic E-state index is 3.53. The third kappa shape index (κ3) is 3.67. The Morgan fingerprint density at radius 3 is 2.53 bits per heavy atom. The van der Waals surface area contributed by atoms with Gasteiger partial charge in [0, 0.05) is 35.3 Å². The molecule has 3 atom stereocenters. The summed E-state index contributed by atoms with van der Waals surface area (Å²) in [5.74, 6) is 0. The SMILES string of the molecule is CCNC(C)c1ccccc1N1CC(C)SC(C)C1. The van der Waals surface area contributed by atoms with Crippen molar-refractivity contribution in [2.75, 3.05) is 24.5 Å². The molecule has 1 fully saturated rings. The van der Waals surface area contributed by atoms with Crippen LogP contribution in [0.2, 0.25) is 0 Å². The van der Waals surface area contributed by atoms with Gasteiger partial charge in [0.05, 0.1) is 0 Å². The minimum absolute atomic E-state index is 0.418. The number of para-hydroxylation sites is 1. The zero-order valence-electron chi connectivity index (χ0n) is 12.5. The van der Waals surface area contributed by atoms with E-state index in [4.69, 9.17) is 0 Å². The molecule has 1 aromatic rings. The van der Waals surface area contributed by atoms with Crippen molar-refractivity contribution >= 4 is 17.4 Å². The van der Waals surface area contributed by atoms with Gasteiger partial charge in [0.25, 0.3) is 0 Å². The van der Waals surface area contributed by atoms with E-state index in [-0.39, 0.29) is 0 Å². The Bertz CT molecular complexity index is 397. The fourth-order valence-electron chi connectivity index (χ4n) is 2.93. The second-order valence-electron chi connectivity index (χ2n) is 5.50. The number of anilines is 1. The van der Waals surface area contributed by atoms with E-state index in [2.05, 4.69) is 73.9 Å². The third-order valence-corrected chi connectivity index (χ3v) is 4.90. The van der Waals surface area contributed by atoms with Crippen LogP contribution in [-0.2, 0) is 0 Å². The molecule has 0 aliphatic carbocycles. The predicted octanol–water partition coefficient (Wildman–Crippen LogP) is 3.69. The number of nitrogens with one attached hydrogen (secondary N) is 1. The summed E-state index contributed by atoms with van der Waals surface area (Å²) in [5.41, 5.74) is 2.84. The van der Waals surface area contributed by atoms with Crippen LogP contribution >= 0.6 is 11.8 Å². The molecule has 3 unspecified atom stereocenters. The lowest BCUT2D eigenvalue weighted by molar-refractivity contribution is 0.594. The van der Waals surface area contributed by atoms with E-state index in [0.29, 0.717) is 16.5 Å². The fourth-order valence-corrected chi connectivity index (χ4v) is 4.26. The maximum absolute atomic E-state index is 3.53. The second kappa shape index (κ2) is 6.67. The van der Waals surface area contributed by atoms with Crippen LogP contribution in [0.1, 0.15) is 39.3 Å². The molecule has 0 bridgehead atoms. The van der Waals surface area contributed by atoms with E-state index in [1.165, 1.54) is 11.3 Å². The molecule has 1 heterocycles. The van der Waals surface area contributed by atoms with Gasteiger partial charge in [0.15, 0.2) is 0 Å². The Labute approximate surface area is 122 Å². The molecule has 1 saturated heterocycles. The largest absolute Gasteiger partial charge is 0.369 e. The van der Waals surface area contributed by atoms with E-state index in [0.717, 1.165) is 19.6 Å². The van der Waals surface area contributed by atoms with Crippen molar-refractivity contribution in [3.05, 3.63) is 29.8 Å². The average molecular weight is 278 g/mol. The van der Waals surface area contributed by atoms with Crippen LogP contribution in [-0.4, -0.2) is 30.1 Å². The predicted molar refractivity (Wildman–Crippen MR) is 87.3 cm³/mol. The Kier molecular flexibility index (Phi) is 5.17. The lowest BCUT2D eigenvalue weighted by Gasteiger charge is -2.38. The Hall–Kier alpha value is -0.670. The molecule has 3 heteroatoms. The van der Waals surface area contributed by atoms with Gasteiger partial charge >= 0.3 is 0 Å². The summed E-state index contributed by atoms with van der Waals surface area (Å²) in [6, 6.07) is 9.27. The summed E-state index contributed by atoms with van der Waals surface area (Å²) in [6.45, 7) is 12.4. The minimum Gasteiger partial charge on any atom is -0.369 e. The fraction of sp³-hybridized carbons (Fsp3) is 0.625. The van der Waals surface area contributed by atoms with Gasteiger partial charge in [0.2, 0.25) is 0 Å². The van der Waals surface area contributed by atoms with Gasteiger partial charge in [-0.05, 0) is 25.1 Å². The van der Waals surface area contributed by atoms with E-state index in [1.54, 1.807) is 0 Å². The van der Waals surface area contributed by atoms with Gasteiger partial charge in [-0.3, -0.25) is 0 Å². The highest BCUT2D eigenvalue weighted by atomic mass is 32.2. The van der Waals surface area contributed by atoms with Crippen LogP contribution in [0.3, 0.4) is 0 Å². The first-order chi connectivity index (χ1) is 9.11. The van der Waals surface area contributed by atoms with Crippen molar-refractivity contribution in [2.24, 2.45) is 0 Å². The van der Waals surface area contributed by atoms with Crippen molar-refractivity contribution < 1.29 is 0 Å². The van der Waals surface area contributed by atoms with Crippen molar-refractivity contribution in [3.63, 3.8) is 0 Å². The maximum Gasteiger partial charge on any atom is 0.0415 e. The standard InChI is InChI=1S/C16H26N2S/c1-5-17-14(4)15-8-6-7-9-16(15)18-10-12(2)19-13(3)11-18/h6-9,12-14,17H,5,10-11H2,1-4H3. The number of benzene rings is 1. The number of hydrogen-bond acceptors (Lipinski definition) is 3. The monoisotopic (exact) mass is 278 g/mol. The van der Waals surface area contributed by atoms with Crippen molar-refractivity contribution in [2.45, 2.75) is 44.2 Å². The van der Waals surface area contributed by atoms with E-state index < -0.39 is 0 Å². The first-order valence-corrected chi connectivity index (χ1v) is 8.28. The third-order valence-electron chi connectivity index (χ3n) is 3.67. The molecule has 1 N–H and O–H groups in total. The van der Waals surface area contributed by atoms with Crippen LogP contribution in [0, 0.1) is 0 Å². The second-order valence-corrected chi connectivity index (χ2v) is 7.38. The van der Waals surface area contributed by atoms with Crippen molar-refractivity contribution in [1.29, 1.82) is 0 Å². The molecular formula is C16H26N2S. The normalized spacial score (nSPS) is 25.4. The molecular weight excluding hydrogens is 252 g/mol. The Balaban J connectivity index is 2.23. The summed E-state index contributed by atoms with van der Waals surface area (Å²) < 4.78 is 0. The molecule has 0 aromatic heterocycles. The van der Waals surface area contributed by atoms with Crippen LogP contribution in [0.15, 0.2) is 24.3 Å². The van der Waals surface area contributed by atoms with Crippen LogP contribution in [0.5, 0.6) is 0 Å². The van der Waals surface area contributed by atoms with Gasteiger partial charge in [-0.25, -0.2) is 0 Å². The molecule has 1 aliphatic rings. The molecule has 0 saturated carbocycles. The van der Waals surface area contributed by atoms with Crippen molar-refractivity contribution in [3.8, 4) is 0 Å². The lowest BCUT2D eigenvalue weighted by Crippen LogP contribution is -2.41. The lowest BCUT2D eigenvalue weighted by atomic mass is 10.0. The quantitative estimate of drug-likeness (QED) is 0.904. The molecule has 1 aromatic carbocycles. The number of nitrogens with zero attached hydrogens (tertiary/aromatic N) is 1. The zero-order chi connectivity index (χ0) is 13.8. The topological polar surface area (TPSA) is 15.3 Å². The number of hydrogen-bond donors (Lipinski definition) is 1. The van der Waals surface area contributed by atoms with Gasteiger partial charge < -0.3 is 10.2 Å². The molecule has 2 rings (SSSR count). The highest BCUT2D eigenvalue weighted by molar-refractivity contribution is 8.00. The van der Waals surface area contributed by atoms with Crippen molar-refractivity contribution in [1.82, 2.24) is 5.32 Å². The molecule has 106 valence electrons. The average Bonchev–Trinajstić information content (AvgIpc) is 2.38. The number of thioether (sulfide) groups is 1. The molecule has 0 spiro atoms. The first-order valence-electron chi connectivity index (χ1n) is 7.34. The smallest absolute Gasteiger partial charge is 0.0415 e. The van der Waals surface area contributed by atoms with Gasteiger partial charge in [-0.1, -0.05) is 39.0 Å². The van der Waals surface area contributed by atoms with E-state index in [1.807, 2.05) is 0 Å². The summed E-state index contributed by atoms with van der Waals surface area (Å²) in [7, 11) is 0. The highest BCUT2D eigenvalue weighted by Crippen LogP contribution is 2.32. The molecule has 1 aliphatic heterocycles. The van der Waals surface area contributed by atoms with Gasteiger partial charge in [0.1, 0.15) is 0 Å². The van der Waals surface area contributed by atoms with E-state index in [9.17, 15) is 0 Å². The molecule has 0 amide bonds. The Morgan fingerprint density at radius 2 is 1.89 bits per heavy atom. The van der Waals surface area contributed by atoms with E-state index >= 15 is 0 Å². The van der Waals surface area contributed by atoms with Crippen LogP contribution in [0.25, 0.3) is 0 Å². The summed E-state index contributed by atoms with van der Waals surface area (Å²) in [4.78, 5) is 2.56. The van der Waals surface area contributed by atoms with Gasteiger partial charge in [-0.15, -0.1) is 0 Å². The van der Waals surface area contributed by atoms with Crippen LogP contribution in [0.4, 0.5) is 5.69 Å². The summed E-state index contributed by atoms with van der Waals surface area (Å²) >= 11 is 2.11. The first kappa shape index (κ1) is 14.7. The Morgan fingerprint density at radius 1 is 1.26 bits per heavy atom. The number of rotatable bonds is 4. The highest BCUT2D eigenvalue weighted by Gasteiger charge is 2.24. The summed E-state index contributed by atoms with van der Waals surface area (Å²) in [6.07, 6.45) is 0. The van der Waals surface area contributed by atoms with Gasteiger partial charge in [-0.2, -0.15) is 11.8 Å². The molecule has 0 radical (unpaired) electrons. The molecule has 19 heavy (non-hydrogen) atoms. The van der Waals surface area contributed by atoms with Crippen LogP contribution < -0.4 is 10.2 Å².